The van der Waals surface area contributed by atoms with E-state index in [1.165, 1.54) is 23.0 Å². The standard InChI is InChI=1S/C17H15NO4S/c1-10(11-6-4-3-5-7-11)18(2)15-9-13-14(23-15)8-12(16(19)20)17(21)22-13/h3-10H,1-2H3,(H,19,20)/t10-/m0/s1. The van der Waals surface area contributed by atoms with Crippen LogP contribution < -0.4 is 10.5 Å². The molecule has 0 bridgehead atoms. The second kappa shape index (κ2) is 5.89. The monoisotopic (exact) mass is 329 g/mol. The predicted octanol–water partition coefficient (Wildman–Crippen LogP) is 3.75. The molecular formula is C17H15NO4S. The summed E-state index contributed by atoms with van der Waals surface area (Å²) in [7, 11) is 1.96. The molecule has 0 aliphatic rings. The zero-order chi connectivity index (χ0) is 16.6. The van der Waals surface area contributed by atoms with E-state index in [4.69, 9.17) is 9.52 Å². The van der Waals surface area contributed by atoms with Crippen molar-refractivity contribution in [3.05, 3.63) is 64.0 Å². The van der Waals surface area contributed by atoms with Gasteiger partial charge in [-0.05, 0) is 18.6 Å². The number of nitrogens with zero attached hydrogens (tertiary/aromatic N) is 1. The second-order valence-corrected chi connectivity index (χ2v) is 6.33. The number of carboxylic acid groups (broad SMARTS) is 1. The normalized spacial score (nSPS) is 12.3. The van der Waals surface area contributed by atoms with Gasteiger partial charge in [-0.2, -0.15) is 0 Å². The lowest BCUT2D eigenvalue weighted by molar-refractivity contribution is 0.0692. The molecule has 23 heavy (non-hydrogen) atoms. The Bertz CT molecular complexity index is 913. The highest BCUT2D eigenvalue weighted by Gasteiger charge is 2.18. The molecule has 0 fully saturated rings. The Balaban J connectivity index is 2.00. The SMILES string of the molecule is C[C@@H](c1ccccc1)N(C)c1cc2oc(=O)c(C(=O)O)cc2s1. The third kappa shape index (κ3) is 2.85. The van der Waals surface area contributed by atoms with Crippen molar-refractivity contribution in [2.75, 3.05) is 11.9 Å². The zero-order valence-electron chi connectivity index (χ0n) is 12.6. The number of benzene rings is 1. The summed E-state index contributed by atoms with van der Waals surface area (Å²) in [6.07, 6.45) is 0. The first-order valence-electron chi connectivity index (χ1n) is 7.06. The summed E-state index contributed by atoms with van der Waals surface area (Å²) in [4.78, 5) is 24.8. The van der Waals surface area contributed by atoms with Gasteiger partial charge in [0.2, 0.25) is 0 Å². The van der Waals surface area contributed by atoms with E-state index < -0.39 is 11.6 Å². The van der Waals surface area contributed by atoms with Gasteiger partial charge >= 0.3 is 11.6 Å². The van der Waals surface area contributed by atoms with Gasteiger partial charge in [0, 0.05) is 13.1 Å². The van der Waals surface area contributed by atoms with Crippen molar-refractivity contribution < 1.29 is 14.3 Å². The van der Waals surface area contributed by atoms with Gasteiger partial charge in [0.05, 0.1) is 15.7 Å². The predicted molar refractivity (Wildman–Crippen MR) is 90.6 cm³/mol. The van der Waals surface area contributed by atoms with Crippen molar-refractivity contribution in [1.29, 1.82) is 0 Å². The Morgan fingerprint density at radius 3 is 2.61 bits per heavy atom. The molecule has 6 heteroatoms. The average Bonchev–Trinajstić information content (AvgIpc) is 2.96. The Morgan fingerprint density at radius 2 is 1.96 bits per heavy atom. The van der Waals surface area contributed by atoms with Gasteiger partial charge in [0.25, 0.3) is 0 Å². The summed E-state index contributed by atoms with van der Waals surface area (Å²) in [5.74, 6) is -1.28. The minimum atomic E-state index is -1.28. The molecule has 0 amide bonds. The van der Waals surface area contributed by atoms with Crippen LogP contribution >= 0.6 is 11.3 Å². The average molecular weight is 329 g/mol. The number of carbonyl (C=O) groups is 1. The van der Waals surface area contributed by atoms with E-state index >= 15 is 0 Å². The molecule has 1 aromatic carbocycles. The van der Waals surface area contributed by atoms with Crippen LogP contribution in [0.5, 0.6) is 0 Å². The van der Waals surface area contributed by atoms with E-state index in [2.05, 4.69) is 24.0 Å². The largest absolute Gasteiger partial charge is 0.477 e. The van der Waals surface area contributed by atoms with Crippen LogP contribution in [0.3, 0.4) is 0 Å². The summed E-state index contributed by atoms with van der Waals surface area (Å²) in [5.41, 5.74) is 0.407. The number of rotatable bonds is 4. The van der Waals surface area contributed by atoms with Crippen LogP contribution in [0.25, 0.3) is 10.3 Å². The quantitative estimate of drug-likeness (QED) is 0.789. The Hall–Kier alpha value is -2.60. The number of hydrogen-bond donors (Lipinski definition) is 1. The van der Waals surface area contributed by atoms with Crippen LogP contribution in [-0.2, 0) is 0 Å². The third-order valence-corrected chi connectivity index (χ3v) is 5.00. The van der Waals surface area contributed by atoms with E-state index in [1.54, 1.807) is 6.07 Å². The molecule has 1 atom stereocenters. The summed E-state index contributed by atoms with van der Waals surface area (Å²) >= 11 is 1.40. The number of fused-ring (bicyclic) bond motifs is 1. The molecule has 2 aromatic heterocycles. The van der Waals surface area contributed by atoms with Crippen molar-refractivity contribution >= 4 is 32.6 Å². The summed E-state index contributed by atoms with van der Waals surface area (Å²) in [5, 5.41) is 9.92. The third-order valence-electron chi connectivity index (χ3n) is 3.85. The van der Waals surface area contributed by atoms with Gasteiger partial charge in [-0.25, -0.2) is 9.59 Å². The van der Waals surface area contributed by atoms with Gasteiger partial charge in [-0.3, -0.25) is 0 Å². The van der Waals surface area contributed by atoms with E-state index in [9.17, 15) is 9.59 Å². The van der Waals surface area contributed by atoms with Gasteiger partial charge in [-0.15, -0.1) is 11.3 Å². The highest BCUT2D eigenvalue weighted by atomic mass is 32.1. The molecule has 0 unspecified atom stereocenters. The maximum absolute atomic E-state index is 11.7. The highest BCUT2D eigenvalue weighted by Crippen LogP contribution is 2.35. The Kier molecular flexibility index (Phi) is 3.92. The van der Waals surface area contributed by atoms with Crippen LogP contribution in [0.2, 0.25) is 0 Å². The van der Waals surface area contributed by atoms with Crippen LogP contribution in [-0.4, -0.2) is 18.1 Å². The first kappa shape index (κ1) is 15.3. The summed E-state index contributed by atoms with van der Waals surface area (Å²) in [6, 6.07) is 13.3. The fourth-order valence-electron chi connectivity index (χ4n) is 2.37. The van der Waals surface area contributed by atoms with Crippen LogP contribution in [0, 0.1) is 0 Å². The van der Waals surface area contributed by atoms with Crippen LogP contribution in [0.4, 0.5) is 5.00 Å². The summed E-state index contributed by atoms with van der Waals surface area (Å²) < 4.78 is 5.76. The van der Waals surface area contributed by atoms with E-state index in [-0.39, 0.29) is 11.6 Å². The molecule has 0 saturated heterocycles. The smallest absolute Gasteiger partial charge is 0.351 e. The molecule has 118 valence electrons. The van der Waals surface area contributed by atoms with Crippen LogP contribution in [0.15, 0.2) is 51.7 Å². The lowest BCUT2D eigenvalue weighted by atomic mass is 10.1. The van der Waals surface area contributed by atoms with Gasteiger partial charge < -0.3 is 14.4 Å². The van der Waals surface area contributed by atoms with Crippen molar-refractivity contribution in [1.82, 2.24) is 0 Å². The molecular weight excluding hydrogens is 314 g/mol. The molecule has 2 heterocycles. The topological polar surface area (TPSA) is 70.8 Å². The first-order valence-corrected chi connectivity index (χ1v) is 7.88. The lowest BCUT2D eigenvalue weighted by Gasteiger charge is -2.25. The van der Waals surface area contributed by atoms with Gasteiger partial charge in [-0.1, -0.05) is 30.3 Å². The Labute approximate surface area is 136 Å². The zero-order valence-corrected chi connectivity index (χ0v) is 13.5. The van der Waals surface area contributed by atoms with Crippen molar-refractivity contribution in [2.45, 2.75) is 13.0 Å². The van der Waals surface area contributed by atoms with Gasteiger partial charge in [0.15, 0.2) is 5.58 Å². The number of aromatic carboxylic acids is 1. The molecule has 0 aliphatic carbocycles. The molecule has 5 nitrogen and oxygen atoms in total. The van der Waals surface area contributed by atoms with Crippen LogP contribution in [0.1, 0.15) is 28.9 Å². The van der Waals surface area contributed by atoms with E-state index in [1.807, 2.05) is 25.2 Å². The number of thiophene rings is 1. The van der Waals surface area contributed by atoms with Crippen molar-refractivity contribution in [3.8, 4) is 0 Å². The molecule has 0 aliphatic heterocycles. The Morgan fingerprint density at radius 1 is 1.26 bits per heavy atom. The maximum atomic E-state index is 11.7. The molecule has 1 N–H and O–H groups in total. The summed E-state index contributed by atoms with van der Waals surface area (Å²) in [6.45, 7) is 2.08. The van der Waals surface area contributed by atoms with E-state index in [0.717, 1.165) is 5.00 Å². The lowest BCUT2D eigenvalue weighted by Crippen LogP contribution is -2.20. The molecule has 0 radical (unpaired) electrons. The fourth-order valence-corrected chi connectivity index (χ4v) is 3.44. The minimum Gasteiger partial charge on any atom is -0.477 e. The van der Waals surface area contributed by atoms with Crippen molar-refractivity contribution in [2.24, 2.45) is 0 Å². The van der Waals surface area contributed by atoms with Crippen molar-refractivity contribution in [3.63, 3.8) is 0 Å². The molecule has 0 saturated carbocycles. The second-order valence-electron chi connectivity index (χ2n) is 5.26. The number of hydrogen-bond acceptors (Lipinski definition) is 5. The molecule has 3 aromatic rings. The highest BCUT2D eigenvalue weighted by molar-refractivity contribution is 7.22. The first-order chi connectivity index (χ1) is 11.0. The fraction of sp³-hybridized carbons (Fsp3) is 0.176. The number of anilines is 1. The van der Waals surface area contributed by atoms with Gasteiger partial charge in [0.1, 0.15) is 5.56 Å². The van der Waals surface area contributed by atoms with E-state index in [0.29, 0.717) is 10.3 Å². The maximum Gasteiger partial charge on any atom is 0.351 e. The molecule has 0 spiro atoms. The number of carboxylic acids is 1. The molecule has 3 rings (SSSR count). The minimum absolute atomic E-state index is 0.134.